The monoisotopic (exact) mass is 306 g/mol. The van der Waals surface area contributed by atoms with Crippen LogP contribution in [0.5, 0.6) is 0 Å². The maximum Gasteiger partial charge on any atom is 0.316 e. The molecule has 1 amide bonds. The summed E-state index contributed by atoms with van der Waals surface area (Å²) in [6.07, 6.45) is 0. The number of rotatable bonds is 5. The van der Waals surface area contributed by atoms with Gasteiger partial charge in [0.2, 0.25) is 5.91 Å². The quantitative estimate of drug-likeness (QED) is 0.821. The zero-order valence-corrected chi connectivity index (χ0v) is 14.2. The van der Waals surface area contributed by atoms with Gasteiger partial charge in [0.15, 0.2) is 0 Å². The molecule has 1 aromatic carbocycles. The van der Waals surface area contributed by atoms with Gasteiger partial charge in [0.05, 0.1) is 0 Å². The van der Waals surface area contributed by atoms with E-state index in [1.807, 2.05) is 44.1 Å². The molecular weight excluding hydrogens is 280 g/mol. The number of hydrogen-bond donors (Lipinski definition) is 2. The first-order valence-corrected chi connectivity index (χ1v) is 7.29. The van der Waals surface area contributed by atoms with E-state index < -0.39 is 23.2 Å². The Balaban J connectivity index is 3.00. The van der Waals surface area contributed by atoms with E-state index in [0.717, 1.165) is 17.7 Å². The van der Waals surface area contributed by atoms with E-state index in [1.165, 1.54) is 0 Å². The fourth-order valence-electron chi connectivity index (χ4n) is 2.48. The Morgan fingerprint density at radius 1 is 1.23 bits per heavy atom. The van der Waals surface area contributed by atoms with Crippen LogP contribution < -0.4 is 5.32 Å². The minimum atomic E-state index is -1.11. The van der Waals surface area contributed by atoms with Crippen LogP contribution in [0.3, 0.4) is 0 Å². The zero-order chi connectivity index (χ0) is 17.1. The number of aliphatic carboxylic acids is 1. The predicted molar refractivity (Wildman–Crippen MR) is 87.8 cm³/mol. The molecule has 5 heteroatoms. The second kappa shape index (κ2) is 6.92. The summed E-state index contributed by atoms with van der Waals surface area (Å²) in [4.78, 5) is 25.8. The fourth-order valence-corrected chi connectivity index (χ4v) is 2.48. The molecule has 0 spiro atoms. The van der Waals surface area contributed by atoms with Gasteiger partial charge in [-0.05, 0) is 49.7 Å². The molecule has 2 N–H and O–H groups in total. The molecule has 5 nitrogen and oxygen atoms in total. The van der Waals surface area contributed by atoms with Crippen molar-refractivity contribution >= 4 is 17.6 Å². The summed E-state index contributed by atoms with van der Waals surface area (Å²) in [5.41, 5.74) is 2.09. The van der Waals surface area contributed by atoms with E-state index in [9.17, 15) is 14.7 Å². The topological polar surface area (TPSA) is 69.6 Å². The van der Waals surface area contributed by atoms with Crippen LogP contribution in [0.2, 0.25) is 0 Å². The maximum atomic E-state index is 12.3. The van der Waals surface area contributed by atoms with Crippen molar-refractivity contribution in [1.82, 2.24) is 4.90 Å². The Labute approximate surface area is 132 Å². The SMILES string of the molecule is Cc1cc(CN(C)C)cc(NC(=O)C(C(=O)O)C(C)(C)C)c1. The summed E-state index contributed by atoms with van der Waals surface area (Å²) < 4.78 is 0. The van der Waals surface area contributed by atoms with Crippen molar-refractivity contribution in [3.63, 3.8) is 0 Å². The molecule has 0 bridgehead atoms. The van der Waals surface area contributed by atoms with Crippen molar-refractivity contribution < 1.29 is 14.7 Å². The van der Waals surface area contributed by atoms with Crippen LogP contribution in [-0.2, 0) is 16.1 Å². The maximum absolute atomic E-state index is 12.3. The van der Waals surface area contributed by atoms with Crippen LogP contribution in [0.4, 0.5) is 5.69 Å². The van der Waals surface area contributed by atoms with E-state index >= 15 is 0 Å². The third-order valence-electron chi connectivity index (χ3n) is 3.28. The Morgan fingerprint density at radius 2 is 1.82 bits per heavy atom. The lowest BCUT2D eigenvalue weighted by molar-refractivity contribution is -0.149. The molecule has 0 aromatic heterocycles. The smallest absolute Gasteiger partial charge is 0.316 e. The summed E-state index contributed by atoms with van der Waals surface area (Å²) in [5, 5.41) is 12.1. The Bertz CT molecular complexity index is 560. The second-order valence-electron chi connectivity index (χ2n) is 7.07. The van der Waals surface area contributed by atoms with Gasteiger partial charge in [0.25, 0.3) is 0 Å². The molecule has 0 aliphatic carbocycles. The van der Waals surface area contributed by atoms with Crippen molar-refractivity contribution in [2.45, 2.75) is 34.2 Å². The van der Waals surface area contributed by atoms with Gasteiger partial charge < -0.3 is 15.3 Å². The van der Waals surface area contributed by atoms with Crippen molar-refractivity contribution in [2.75, 3.05) is 19.4 Å². The number of carboxylic acids is 1. The highest BCUT2D eigenvalue weighted by atomic mass is 16.4. The standard InChI is InChI=1S/C17H26N2O3/c1-11-7-12(10-19(5)6)9-13(8-11)18-15(20)14(16(21)22)17(2,3)4/h7-9,14H,10H2,1-6H3,(H,18,20)(H,21,22). The molecule has 1 atom stereocenters. The molecule has 1 rings (SSSR count). The fraction of sp³-hybridized carbons (Fsp3) is 0.529. The first kappa shape index (κ1) is 18.2. The summed E-state index contributed by atoms with van der Waals surface area (Å²) >= 11 is 0. The molecule has 1 aromatic rings. The zero-order valence-electron chi connectivity index (χ0n) is 14.2. The number of aryl methyl sites for hydroxylation is 1. The number of anilines is 1. The lowest BCUT2D eigenvalue weighted by atomic mass is 9.80. The average Bonchev–Trinajstić information content (AvgIpc) is 2.22. The number of benzene rings is 1. The Kier molecular flexibility index (Phi) is 5.72. The van der Waals surface area contributed by atoms with Crippen molar-refractivity contribution in [3.8, 4) is 0 Å². The largest absolute Gasteiger partial charge is 0.481 e. The van der Waals surface area contributed by atoms with Crippen LogP contribution in [0.25, 0.3) is 0 Å². The highest BCUT2D eigenvalue weighted by Gasteiger charge is 2.37. The van der Waals surface area contributed by atoms with Crippen LogP contribution in [0.1, 0.15) is 31.9 Å². The van der Waals surface area contributed by atoms with E-state index in [0.29, 0.717) is 5.69 Å². The van der Waals surface area contributed by atoms with Gasteiger partial charge >= 0.3 is 5.97 Å². The lowest BCUT2D eigenvalue weighted by Gasteiger charge is -2.26. The molecule has 0 saturated heterocycles. The molecule has 0 aliphatic rings. The molecule has 122 valence electrons. The van der Waals surface area contributed by atoms with Gasteiger partial charge in [-0.2, -0.15) is 0 Å². The predicted octanol–water partition coefficient (Wildman–Crippen LogP) is 2.74. The number of hydrogen-bond acceptors (Lipinski definition) is 3. The normalized spacial score (nSPS) is 13.0. The summed E-state index contributed by atoms with van der Waals surface area (Å²) in [7, 11) is 3.95. The number of carbonyl (C=O) groups excluding carboxylic acids is 1. The van der Waals surface area contributed by atoms with E-state index in [2.05, 4.69) is 5.32 Å². The summed E-state index contributed by atoms with van der Waals surface area (Å²) in [5.74, 6) is -2.68. The van der Waals surface area contributed by atoms with Crippen LogP contribution in [0.15, 0.2) is 18.2 Å². The van der Waals surface area contributed by atoms with Gasteiger partial charge in [0, 0.05) is 12.2 Å². The molecule has 0 fully saturated rings. The van der Waals surface area contributed by atoms with E-state index in [4.69, 9.17) is 0 Å². The minimum Gasteiger partial charge on any atom is -0.481 e. The van der Waals surface area contributed by atoms with Crippen molar-refractivity contribution in [2.24, 2.45) is 11.3 Å². The first-order chi connectivity index (χ1) is 10.0. The molecule has 0 saturated carbocycles. The number of carboxylic acid groups (broad SMARTS) is 1. The van der Waals surface area contributed by atoms with Gasteiger partial charge in [-0.1, -0.05) is 26.8 Å². The number of amides is 1. The van der Waals surface area contributed by atoms with Crippen LogP contribution in [-0.4, -0.2) is 36.0 Å². The molecular formula is C17H26N2O3. The third-order valence-corrected chi connectivity index (χ3v) is 3.28. The Hall–Kier alpha value is -1.88. The van der Waals surface area contributed by atoms with Crippen LogP contribution in [0, 0.1) is 18.3 Å². The van der Waals surface area contributed by atoms with Gasteiger partial charge in [-0.25, -0.2) is 0 Å². The highest BCUT2D eigenvalue weighted by Crippen LogP contribution is 2.28. The van der Waals surface area contributed by atoms with Gasteiger partial charge in [-0.15, -0.1) is 0 Å². The minimum absolute atomic E-state index is 0.485. The highest BCUT2D eigenvalue weighted by molar-refractivity contribution is 6.04. The number of carbonyl (C=O) groups is 2. The molecule has 1 unspecified atom stereocenters. The van der Waals surface area contributed by atoms with E-state index in [1.54, 1.807) is 20.8 Å². The van der Waals surface area contributed by atoms with Gasteiger partial charge in [0.1, 0.15) is 5.92 Å². The lowest BCUT2D eigenvalue weighted by Crippen LogP contribution is -2.39. The second-order valence-corrected chi connectivity index (χ2v) is 7.07. The van der Waals surface area contributed by atoms with Crippen molar-refractivity contribution in [3.05, 3.63) is 29.3 Å². The Morgan fingerprint density at radius 3 is 2.27 bits per heavy atom. The van der Waals surface area contributed by atoms with Crippen LogP contribution >= 0.6 is 0 Å². The molecule has 0 aliphatic heterocycles. The third kappa shape index (κ3) is 5.15. The first-order valence-electron chi connectivity index (χ1n) is 7.29. The molecule has 0 heterocycles. The van der Waals surface area contributed by atoms with Crippen molar-refractivity contribution in [1.29, 1.82) is 0 Å². The van der Waals surface area contributed by atoms with Gasteiger partial charge in [-0.3, -0.25) is 9.59 Å². The number of nitrogens with zero attached hydrogens (tertiary/aromatic N) is 1. The molecule has 0 radical (unpaired) electrons. The molecule has 22 heavy (non-hydrogen) atoms. The summed E-state index contributed by atoms with van der Waals surface area (Å²) in [6.45, 7) is 7.96. The summed E-state index contributed by atoms with van der Waals surface area (Å²) in [6, 6.07) is 5.78. The average molecular weight is 306 g/mol. The number of nitrogens with one attached hydrogen (secondary N) is 1. The van der Waals surface area contributed by atoms with E-state index in [-0.39, 0.29) is 0 Å².